The van der Waals surface area contributed by atoms with E-state index in [1.165, 1.54) is 12.8 Å². The maximum atomic E-state index is 13.0. The van der Waals surface area contributed by atoms with Gasteiger partial charge in [-0.05, 0) is 37.8 Å². The van der Waals surface area contributed by atoms with E-state index in [1.807, 2.05) is 35.2 Å². The zero-order chi connectivity index (χ0) is 17.1. The van der Waals surface area contributed by atoms with Gasteiger partial charge in [0.2, 0.25) is 5.91 Å². The summed E-state index contributed by atoms with van der Waals surface area (Å²) in [4.78, 5) is 19.9. The smallest absolute Gasteiger partial charge is 0.244 e. The van der Waals surface area contributed by atoms with E-state index in [0.29, 0.717) is 6.10 Å². The molecule has 3 saturated heterocycles. The second kappa shape index (κ2) is 7.85. The van der Waals surface area contributed by atoms with Crippen molar-refractivity contribution in [3.05, 3.63) is 30.3 Å². The van der Waals surface area contributed by atoms with E-state index in [-0.39, 0.29) is 11.9 Å². The normalized spacial score (nSPS) is 29.3. The Hall–Kier alpha value is -1.43. The summed E-state index contributed by atoms with van der Waals surface area (Å²) in [5.41, 5.74) is 1.04. The van der Waals surface area contributed by atoms with Crippen LogP contribution in [0.4, 0.5) is 5.69 Å². The Morgan fingerprint density at radius 3 is 2.48 bits per heavy atom. The first-order valence-electron chi connectivity index (χ1n) is 9.76. The van der Waals surface area contributed by atoms with Crippen molar-refractivity contribution < 1.29 is 9.53 Å². The van der Waals surface area contributed by atoms with Crippen molar-refractivity contribution in [1.82, 2.24) is 9.80 Å². The Morgan fingerprint density at radius 1 is 0.960 bits per heavy atom. The largest absolute Gasteiger partial charge is 0.377 e. The molecule has 0 N–H and O–H groups in total. The number of carbonyl (C=O) groups excluding carboxylic acids is 1. The number of carbonyl (C=O) groups is 1. The first kappa shape index (κ1) is 17.0. The molecular weight excluding hydrogens is 314 g/mol. The number of rotatable bonds is 4. The van der Waals surface area contributed by atoms with Crippen LogP contribution in [0.3, 0.4) is 0 Å². The molecule has 3 aliphatic heterocycles. The molecule has 0 saturated carbocycles. The summed E-state index contributed by atoms with van der Waals surface area (Å²) in [6.45, 7) is 6.92. The highest BCUT2D eigenvalue weighted by atomic mass is 16.5. The van der Waals surface area contributed by atoms with Crippen LogP contribution in [0.15, 0.2) is 30.3 Å². The van der Waals surface area contributed by atoms with Gasteiger partial charge in [0.25, 0.3) is 0 Å². The quantitative estimate of drug-likeness (QED) is 0.838. The fraction of sp³-hybridized carbons (Fsp3) is 0.650. The maximum absolute atomic E-state index is 13.0. The van der Waals surface area contributed by atoms with Crippen LogP contribution in [0, 0.1) is 0 Å². The SMILES string of the molecule is O=C1[C@H](N2CCN(C[C@@H]3CCCO3)CC2)CCCN1c1ccccc1. The molecule has 0 aliphatic carbocycles. The van der Waals surface area contributed by atoms with Gasteiger partial charge in [-0.25, -0.2) is 0 Å². The zero-order valence-corrected chi connectivity index (χ0v) is 15.0. The lowest BCUT2D eigenvalue weighted by atomic mass is 10.0. The van der Waals surface area contributed by atoms with Gasteiger partial charge < -0.3 is 9.64 Å². The summed E-state index contributed by atoms with van der Waals surface area (Å²) in [6.07, 6.45) is 4.91. The van der Waals surface area contributed by atoms with Crippen molar-refractivity contribution in [2.24, 2.45) is 0 Å². The van der Waals surface area contributed by atoms with Crippen molar-refractivity contribution >= 4 is 11.6 Å². The topological polar surface area (TPSA) is 36.0 Å². The van der Waals surface area contributed by atoms with Gasteiger partial charge in [0.05, 0.1) is 12.1 Å². The average Bonchev–Trinajstić information content (AvgIpc) is 3.17. The molecule has 3 aliphatic rings. The Bertz CT molecular complexity index is 566. The van der Waals surface area contributed by atoms with Crippen molar-refractivity contribution in [2.45, 2.75) is 37.8 Å². The van der Waals surface area contributed by atoms with E-state index in [1.54, 1.807) is 0 Å². The van der Waals surface area contributed by atoms with Gasteiger partial charge in [0.1, 0.15) is 0 Å². The van der Waals surface area contributed by atoms with Gasteiger partial charge >= 0.3 is 0 Å². The third-order valence-electron chi connectivity index (χ3n) is 5.81. The number of para-hydroxylation sites is 1. The van der Waals surface area contributed by atoms with Crippen molar-refractivity contribution in [2.75, 3.05) is 50.8 Å². The van der Waals surface area contributed by atoms with Crippen LogP contribution < -0.4 is 4.90 Å². The van der Waals surface area contributed by atoms with Crippen LogP contribution in [0.25, 0.3) is 0 Å². The minimum absolute atomic E-state index is 0.0545. The molecule has 5 nitrogen and oxygen atoms in total. The third kappa shape index (κ3) is 3.89. The molecule has 1 aromatic carbocycles. The van der Waals surface area contributed by atoms with Crippen molar-refractivity contribution in [3.63, 3.8) is 0 Å². The number of piperazine rings is 1. The number of nitrogens with zero attached hydrogens (tertiary/aromatic N) is 3. The standard InChI is InChI=1S/C20H29N3O2/c24-20-19(9-4-10-23(20)17-6-2-1-3-7-17)22-13-11-21(12-14-22)16-18-8-5-15-25-18/h1-3,6-7,18-19H,4-5,8-16H2/t18-,19+/m0/s1. The van der Waals surface area contributed by atoms with Crippen LogP contribution in [0.2, 0.25) is 0 Å². The molecule has 2 atom stereocenters. The van der Waals surface area contributed by atoms with E-state index >= 15 is 0 Å². The second-order valence-corrected chi connectivity index (χ2v) is 7.46. The summed E-state index contributed by atoms with van der Waals surface area (Å²) >= 11 is 0. The monoisotopic (exact) mass is 343 g/mol. The number of hydrogen-bond donors (Lipinski definition) is 0. The first-order chi connectivity index (χ1) is 12.3. The van der Waals surface area contributed by atoms with Gasteiger partial charge in [-0.1, -0.05) is 18.2 Å². The van der Waals surface area contributed by atoms with E-state index in [0.717, 1.165) is 64.4 Å². The summed E-state index contributed by atoms with van der Waals surface area (Å²) in [5, 5.41) is 0. The highest BCUT2D eigenvalue weighted by molar-refractivity contribution is 5.97. The van der Waals surface area contributed by atoms with Crippen LogP contribution in [-0.4, -0.2) is 73.7 Å². The highest BCUT2D eigenvalue weighted by Crippen LogP contribution is 2.24. The van der Waals surface area contributed by atoms with E-state index < -0.39 is 0 Å². The van der Waals surface area contributed by atoms with E-state index in [9.17, 15) is 4.79 Å². The molecule has 5 heteroatoms. The molecule has 25 heavy (non-hydrogen) atoms. The van der Waals surface area contributed by atoms with Crippen molar-refractivity contribution in [3.8, 4) is 0 Å². The summed E-state index contributed by atoms with van der Waals surface area (Å²) in [7, 11) is 0. The van der Waals surface area contributed by atoms with E-state index in [2.05, 4.69) is 9.80 Å². The Balaban J connectivity index is 1.33. The molecular formula is C20H29N3O2. The molecule has 3 fully saturated rings. The number of piperidine rings is 1. The number of hydrogen-bond acceptors (Lipinski definition) is 4. The van der Waals surface area contributed by atoms with Crippen LogP contribution in [0.1, 0.15) is 25.7 Å². The number of amides is 1. The van der Waals surface area contributed by atoms with Gasteiger partial charge in [-0.15, -0.1) is 0 Å². The fourth-order valence-electron chi connectivity index (χ4n) is 4.39. The molecule has 3 heterocycles. The number of anilines is 1. The molecule has 0 bridgehead atoms. The summed E-state index contributed by atoms with van der Waals surface area (Å²) < 4.78 is 5.76. The molecule has 1 aromatic rings. The highest BCUT2D eigenvalue weighted by Gasteiger charge is 2.35. The van der Waals surface area contributed by atoms with Crippen molar-refractivity contribution in [1.29, 1.82) is 0 Å². The van der Waals surface area contributed by atoms with Crippen LogP contribution in [0.5, 0.6) is 0 Å². The van der Waals surface area contributed by atoms with Gasteiger partial charge in [-0.3, -0.25) is 14.6 Å². The second-order valence-electron chi connectivity index (χ2n) is 7.46. The van der Waals surface area contributed by atoms with Crippen LogP contribution in [-0.2, 0) is 9.53 Å². The molecule has 136 valence electrons. The third-order valence-corrected chi connectivity index (χ3v) is 5.81. The lowest BCUT2D eigenvalue weighted by Gasteiger charge is -2.42. The molecule has 4 rings (SSSR count). The Kier molecular flexibility index (Phi) is 5.34. The van der Waals surface area contributed by atoms with Gasteiger partial charge in [0.15, 0.2) is 0 Å². The van der Waals surface area contributed by atoms with Gasteiger partial charge in [-0.2, -0.15) is 0 Å². The lowest BCUT2D eigenvalue weighted by molar-refractivity contribution is -0.126. The summed E-state index contributed by atoms with van der Waals surface area (Å²) in [6, 6.07) is 10.2. The molecule has 0 aromatic heterocycles. The Morgan fingerprint density at radius 2 is 1.76 bits per heavy atom. The van der Waals surface area contributed by atoms with E-state index in [4.69, 9.17) is 4.74 Å². The molecule has 1 amide bonds. The number of benzene rings is 1. The number of ether oxygens (including phenoxy) is 1. The lowest BCUT2D eigenvalue weighted by Crippen LogP contribution is -2.58. The molecule has 0 radical (unpaired) electrons. The van der Waals surface area contributed by atoms with Crippen LogP contribution >= 0.6 is 0 Å². The maximum Gasteiger partial charge on any atom is 0.244 e. The molecule has 0 unspecified atom stereocenters. The predicted octanol–water partition coefficient (Wildman–Crippen LogP) is 1.98. The van der Waals surface area contributed by atoms with Gasteiger partial charge in [0, 0.05) is 51.6 Å². The first-order valence-corrected chi connectivity index (χ1v) is 9.76. The predicted molar refractivity (Wildman–Crippen MR) is 98.8 cm³/mol. The molecule has 0 spiro atoms. The fourth-order valence-corrected chi connectivity index (χ4v) is 4.39. The Labute approximate surface area is 150 Å². The minimum atomic E-state index is 0.0545. The zero-order valence-electron chi connectivity index (χ0n) is 15.0. The average molecular weight is 343 g/mol. The minimum Gasteiger partial charge on any atom is -0.377 e. The summed E-state index contributed by atoms with van der Waals surface area (Å²) in [5.74, 6) is 0.282.